The number of hydrogen-bond donors (Lipinski definition) is 1. The summed E-state index contributed by atoms with van der Waals surface area (Å²) in [5.74, 6) is -1.33. The van der Waals surface area contributed by atoms with Crippen molar-refractivity contribution in [3.05, 3.63) is 34.8 Å². The molecule has 23 heavy (non-hydrogen) atoms. The summed E-state index contributed by atoms with van der Waals surface area (Å²) in [5, 5.41) is 2.78. The van der Waals surface area contributed by atoms with Crippen LogP contribution in [0.25, 0.3) is 11.1 Å². The minimum Gasteiger partial charge on any atom is -0.452 e. The number of carbonyl (C=O) groups is 2. The molecule has 1 heterocycles. The average Bonchev–Trinajstić information content (AvgIpc) is 3.26. The molecule has 0 bridgehead atoms. The van der Waals surface area contributed by atoms with Crippen LogP contribution in [0.5, 0.6) is 0 Å². The molecule has 1 aliphatic rings. The second kappa shape index (κ2) is 6.28. The molecule has 0 unspecified atom stereocenters. The topological polar surface area (TPSA) is 90.5 Å². The van der Waals surface area contributed by atoms with Crippen LogP contribution in [0.15, 0.2) is 33.5 Å². The van der Waals surface area contributed by atoms with E-state index in [-0.39, 0.29) is 24.9 Å². The smallest absolute Gasteiger partial charge is 0.419 e. The molecule has 1 aromatic carbocycles. The van der Waals surface area contributed by atoms with Gasteiger partial charge in [-0.3, -0.25) is 14.2 Å². The number of esters is 1. The van der Waals surface area contributed by atoms with Crippen LogP contribution < -0.4 is 11.1 Å². The Hall–Kier alpha value is -2.57. The maximum Gasteiger partial charge on any atom is 0.419 e. The number of hydrogen-bond acceptors (Lipinski definition) is 5. The van der Waals surface area contributed by atoms with Crippen molar-refractivity contribution in [1.82, 2.24) is 9.88 Å². The lowest BCUT2D eigenvalue weighted by Gasteiger charge is -2.13. The number of nitrogens with zero attached hydrogens (tertiary/aromatic N) is 1. The third-order valence-electron chi connectivity index (χ3n) is 3.71. The molecular weight excluding hydrogens is 300 g/mol. The molecule has 0 spiro atoms. The fourth-order valence-corrected chi connectivity index (χ4v) is 2.28. The summed E-state index contributed by atoms with van der Waals surface area (Å²) in [6.45, 7) is 1.68. The van der Waals surface area contributed by atoms with Gasteiger partial charge in [-0.25, -0.2) is 4.79 Å². The van der Waals surface area contributed by atoms with E-state index in [0.29, 0.717) is 11.1 Å². The fraction of sp³-hybridized carbons (Fsp3) is 0.438. The normalized spacial score (nSPS) is 15.3. The van der Waals surface area contributed by atoms with Crippen molar-refractivity contribution in [1.29, 1.82) is 0 Å². The number of aryl methyl sites for hydroxylation is 1. The molecule has 1 fully saturated rings. The molecule has 7 heteroatoms. The van der Waals surface area contributed by atoms with E-state index in [4.69, 9.17) is 9.15 Å². The van der Waals surface area contributed by atoms with Gasteiger partial charge in [-0.15, -0.1) is 0 Å². The molecule has 0 aliphatic heterocycles. The zero-order valence-electron chi connectivity index (χ0n) is 12.8. The fourth-order valence-electron chi connectivity index (χ4n) is 2.28. The summed E-state index contributed by atoms with van der Waals surface area (Å²) < 4.78 is 11.6. The van der Waals surface area contributed by atoms with Crippen LogP contribution in [0.2, 0.25) is 0 Å². The van der Waals surface area contributed by atoms with Gasteiger partial charge >= 0.3 is 11.7 Å². The molecule has 122 valence electrons. The van der Waals surface area contributed by atoms with Gasteiger partial charge in [0.05, 0.1) is 11.9 Å². The number of fused-ring (bicyclic) bond motifs is 1. The third-order valence-corrected chi connectivity index (χ3v) is 3.71. The van der Waals surface area contributed by atoms with Gasteiger partial charge in [-0.05, 0) is 31.9 Å². The Morgan fingerprint density at radius 1 is 1.39 bits per heavy atom. The maximum atomic E-state index is 11.9. The Balaban J connectivity index is 1.56. The first-order chi connectivity index (χ1) is 11.0. The third kappa shape index (κ3) is 3.61. The molecule has 1 N–H and O–H groups in total. The molecule has 1 aromatic heterocycles. The van der Waals surface area contributed by atoms with Crippen molar-refractivity contribution in [3.63, 3.8) is 0 Å². The molecule has 1 amide bonds. The lowest BCUT2D eigenvalue weighted by Crippen LogP contribution is -2.37. The Labute approximate surface area is 132 Å². The highest BCUT2D eigenvalue weighted by Gasteiger charge is 2.27. The molecule has 0 saturated heterocycles. The van der Waals surface area contributed by atoms with Gasteiger partial charge in [0, 0.05) is 12.6 Å². The first-order valence-corrected chi connectivity index (χ1v) is 7.63. The highest BCUT2D eigenvalue weighted by Crippen LogP contribution is 2.19. The lowest BCUT2D eigenvalue weighted by atomic mass is 10.3. The Morgan fingerprint density at radius 2 is 2.13 bits per heavy atom. The summed E-state index contributed by atoms with van der Waals surface area (Å²) in [4.78, 5) is 35.4. The molecule has 2 aromatic rings. The van der Waals surface area contributed by atoms with Crippen LogP contribution in [0.3, 0.4) is 0 Å². The molecule has 0 radical (unpaired) electrons. The van der Waals surface area contributed by atoms with Crippen molar-refractivity contribution in [2.45, 2.75) is 44.9 Å². The Bertz CT molecular complexity index is 787. The van der Waals surface area contributed by atoms with Gasteiger partial charge in [-0.2, -0.15) is 0 Å². The number of carbonyl (C=O) groups excluding carboxylic acids is 2. The molecule has 1 saturated carbocycles. The minimum absolute atomic E-state index is 0.00944. The van der Waals surface area contributed by atoms with E-state index in [1.165, 1.54) is 11.5 Å². The van der Waals surface area contributed by atoms with E-state index in [9.17, 15) is 14.4 Å². The van der Waals surface area contributed by atoms with Crippen molar-refractivity contribution < 1.29 is 18.7 Å². The molecular formula is C16H18N2O5. The highest BCUT2D eigenvalue weighted by molar-refractivity contribution is 5.83. The number of ether oxygens (including phenoxy) is 1. The van der Waals surface area contributed by atoms with Crippen LogP contribution in [0, 0.1) is 0 Å². The Morgan fingerprint density at radius 3 is 2.87 bits per heavy atom. The van der Waals surface area contributed by atoms with Gasteiger partial charge in [0.25, 0.3) is 5.91 Å². The van der Waals surface area contributed by atoms with Crippen molar-refractivity contribution in [2.24, 2.45) is 0 Å². The quantitative estimate of drug-likeness (QED) is 0.808. The lowest BCUT2D eigenvalue weighted by molar-refractivity contribution is -0.155. The van der Waals surface area contributed by atoms with Crippen molar-refractivity contribution in [2.75, 3.05) is 0 Å². The van der Waals surface area contributed by atoms with E-state index in [2.05, 4.69) is 5.32 Å². The predicted molar refractivity (Wildman–Crippen MR) is 81.8 cm³/mol. The van der Waals surface area contributed by atoms with Gasteiger partial charge in [0.15, 0.2) is 11.7 Å². The number of para-hydroxylation sites is 2. The molecule has 1 atom stereocenters. The van der Waals surface area contributed by atoms with Crippen molar-refractivity contribution >= 4 is 23.0 Å². The van der Waals surface area contributed by atoms with Crippen LogP contribution in [-0.2, 0) is 20.9 Å². The van der Waals surface area contributed by atoms with Crippen LogP contribution >= 0.6 is 0 Å². The first-order valence-electron chi connectivity index (χ1n) is 7.63. The highest BCUT2D eigenvalue weighted by atomic mass is 16.5. The standard InChI is InChI=1S/C16H18N2O5/c1-10(15(20)17-11-6-7-11)22-14(19)8-9-18-12-4-2-3-5-13(12)23-16(18)21/h2-5,10-11H,6-9H2,1H3,(H,17,20)/t10-/m0/s1. The van der Waals surface area contributed by atoms with Gasteiger partial charge < -0.3 is 14.5 Å². The Kier molecular flexibility index (Phi) is 4.18. The van der Waals surface area contributed by atoms with Gasteiger partial charge in [-0.1, -0.05) is 12.1 Å². The molecule has 3 rings (SSSR count). The van der Waals surface area contributed by atoms with E-state index < -0.39 is 17.8 Å². The zero-order valence-corrected chi connectivity index (χ0v) is 12.8. The zero-order chi connectivity index (χ0) is 16.4. The number of amides is 1. The predicted octanol–water partition coefficient (Wildman–Crippen LogP) is 1.19. The number of nitrogens with one attached hydrogen (secondary N) is 1. The monoisotopic (exact) mass is 318 g/mol. The summed E-state index contributed by atoms with van der Waals surface area (Å²) >= 11 is 0. The second-order valence-electron chi connectivity index (χ2n) is 5.65. The van der Waals surface area contributed by atoms with Gasteiger partial charge in [0.1, 0.15) is 0 Å². The summed E-state index contributed by atoms with van der Waals surface area (Å²) in [7, 11) is 0. The summed E-state index contributed by atoms with van der Waals surface area (Å²) in [5.41, 5.74) is 1.10. The van der Waals surface area contributed by atoms with Gasteiger partial charge in [0.2, 0.25) is 0 Å². The number of benzene rings is 1. The SMILES string of the molecule is C[C@H](OC(=O)CCn1c(=O)oc2ccccc21)C(=O)NC1CC1. The largest absolute Gasteiger partial charge is 0.452 e. The van der Waals surface area contributed by atoms with E-state index in [1.54, 1.807) is 24.3 Å². The van der Waals surface area contributed by atoms with Crippen molar-refractivity contribution in [3.8, 4) is 0 Å². The second-order valence-corrected chi connectivity index (χ2v) is 5.65. The maximum absolute atomic E-state index is 11.9. The molecule has 7 nitrogen and oxygen atoms in total. The number of rotatable bonds is 6. The van der Waals surface area contributed by atoms with E-state index in [0.717, 1.165) is 12.8 Å². The van der Waals surface area contributed by atoms with Crippen LogP contribution in [0.4, 0.5) is 0 Å². The molecule has 1 aliphatic carbocycles. The van der Waals surface area contributed by atoms with E-state index in [1.807, 2.05) is 0 Å². The summed E-state index contributed by atoms with van der Waals surface area (Å²) in [6.07, 6.45) is 1.11. The van der Waals surface area contributed by atoms with Crippen LogP contribution in [0.1, 0.15) is 26.2 Å². The van der Waals surface area contributed by atoms with E-state index >= 15 is 0 Å². The average molecular weight is 318 g/mol. The summed E-state index contributed by atoms with van der Waals surface area (Å²) in [6, 6.07) is 7.22. The number of oxazole rings is 1. The first kappa shape index (κ1) is 15.3. The van der Waals surface area contributed by atoms with Crippen LogP contribution in [-0.4, -0.2) is 28.6 Å². The number of aromatic nitrogens is 1. The minimum atomic E-state index is -0.832.